The van der Waals surface area contributed by atoms with E-state index in [1.165, 1.54) is 12.2 Å². The Bertz CT molecular complexity index is 319. The van der Waals surface area contributed by atoms with Gasteiger partial charge >= 0.3 is 5.97 Å². The van der Waals surface area contributed by atoms with Gasteiger partial charge in [-0.3, -0.25) is 4.79 Å². The molecule has 0 aliphatic heterocycles. The van der Waals surface area contributed by atoms with Crippen LogP contribution < -0.4 is 0 Å². The molecule has 0 aliphatic carbocycles. The first-order valence-electron chi connectivity index (χ1n) is 4.00. The van der Waals surface area contributed by atoms with Gasteiger partial charge < -0.3 is 5.11 Å². The third kappa shape index (κ3) is 4.87. The molecule has 0 atom stereocenters. The average Bonchev–Trinajstić information content (AvgIpc) is 2.18. The van der Waals surface area contributed by atoms with Crippen molar-refractivity contribution in [3.05, 3.63) is 48.1 Å². The van der Waals surface area contributed by atoms with E-state index in [0.717, 1.165) is 6.08 Å². The van der Waals surface area contributed by atoms with Gasteiger partial charge in [0.15, 0.2) is 0 Å². The van der Waals surface area contributed by atoms with Crippen LogP contribution >= 0.6 is 0 Å². The first-order valence-corrected chi connectivity index (χ1v) is 4.00. The van der Waals surface area contributed by atoms with E-state index in [0.29, 0.717) is 17.4 Å². The monoisotopic (exact) mass is 192 g/mol. The van der Waals surface area contributed by atoms with Crippen molar-refractivity contribution in [1.82, 2.24) is 0 Å². The molecular weight excluding hydrogens is 180 g/mol. The molecule has 14 heavy (non-hydrogen) atoms. The van der Waals surface area contributed by atoms with E-state index in [1.54, 1.807) is 19.1 Å². The highest BCUT2D eigenvalue weighted by molar-refractivity contribution is 5.81. The molecule has 0 fully saturated rings. The zero-order valence-electron chi connectivity index (χ0n) is 7.93. The van der Waals surface area contributed by atoms with Crippen molar-refractivity contribution in [2.24, 2.45) is 0 Å². The molecule has 0 spiro atoms. The van der Waals surface area contributed by atoms with Crippen molar-refractivity contribution in [2.75, 3.05) is 0 Å². The predicted octanol–water partition coefficient (Wildman–Crippen LogP) is 1.88. The second kappa shape index (κ2) is 6.60. The molecule has 0 heterocycles. The second-order valence-corrected chi connectivity index (χ2v) is 2.43. The molecule has 0 aromatic rings. The number of aldehydes is 1. The summed E-state index contributed by atoms with van der Waals surface area (Å²) in [7, 11) is 0. The minimum Gasteiger partial charge on any atom is -0.478 e. The largest absolute Gasteiger partial charge is 0.478 e. The SMILES string of the molecule is C=CC(/C=C/C(=O)O)=C\C(C=O)=C/C. The second-order valence-electron chi connectivity index (χ2n) is 2.43. The average molecular weight is 192 g/mol. The number of rotatable bonds is 5. The number of carboxylic acids is 1. The summed E-state index contributed by atoms with van der Waals surface area (Å²) in [5.74, 6) is -1.04. The van der Waals surface area contributed by atoms with Crippen molar-refractivity contribution in [2.45, 2.75) is 6.92 Å². The zero-order valence-corrected chi connectivity index (χ0v) is 7.93. The van der Waals surface area contributed by atoms with Gasteiger partial charge in [0.2, 0.25) is 0 Å². The number of carbonyl (C=O) groups is 2. The van der Waals surface area contributed by atoms with Crippen molar-refractivity contribution < 1.29 is 14.7 Å². The number of hydrogen-bond donors (Lipinski definition) is 1. The molecule has 0 saturated heterocycles. The van der Waals surface area contributed by atoms with Gasteiger partial charge in [-0.1, -0.05) is 18.7 Å². The lowest BCUT2D eigenvalue weighted by molar-refractivity contribution is -0.131. The van der Waals surface area contributed by atoms with Crippen molar-refractivity contribution >= 4 is 12.3 Å². The van der Waals surface area contributed by atoms with Crippen LogP contribution in [0.5, 0.6) is 0 Å². The number of hydrogen-bond acceptors (Lipinski definition) is 2. The zero-order chi connectivity index (χ0) is 11.0. The molecule has 1 N–H and O–H groups in total. The highest BCUT2D eigenvalue weighted by Gasteiger charge is 1.91. The maximum Gasteiger partial charge on any atom is 0.328 e. The smallest absolute Gasteiger partial charge is 0.328 e. The summed E-state index contributed by atoms with van der Waals surface area (Å²) in [6.07, 6.45) is 7.73. The Labute approximate surface area is 82.7 Å². The summed E-state index contributed by atoms with van der Waals surface area (Å²) in [4.78, 5) is 20.7. The molecular formula is C11H12O3. The first kappa shape index (κ1) is 12.1. The van der Waals surface area contributed by atoms with E-state index in [-0.39, 0.29) is 0 Å². The van der Waals surface area contributed by atoms with Gasteiger partial charge in [-0.25, -0.2) is 4.79 Å². The number of carbonyl (C=O) groups excluding carboxylic acids is 1. The lowest BCUT2D eigenvalue weighted by Crippen LogP contribution is -1.87. The molecule has 0 amide bonds. The molecule has 0 aromatic carbocycles. The van der Waals surface area contributed by atoms with Crippen molar-refractivity contribution in [3.63, 3.8) is 0 Å². The molecule has 3 nitrogen and oxygen atoms in total. The maximum atomic E-state index is 10.4. The van der Waals surface area contributed by atoms with E-state index in [9.17, 15) is 9.59 Å². The van der Waals surface area contributed by atoms with E-state index in [1.807, 2.05) is 0 Å². The molecule has 0 aromatic heterocycles. The van der Waals surface area contributed by atoms with Gasteiger partial charge in [0.25, 0.3) is 0 Å². The van der Waals surface area contributed by atoms with Gasteiger partial charge in [-0.05, 0) is 24.6 Å². The van der Waals surface area contributed by atoms with E-state index in [2.05, 4.69) is 6.58 Å². The van der Waals surface area contributed by atoms with Gasteiger partial charge in [0.05, 0.1) is 0 Å². The third-order valence-corrected chi connectivity index (χ3v) is 1.46. The fraction of sp³-hybridized carbons (Fsp3) is 0.0909. The summed E-state index contributed by atoms with van der Waals surface area (Å²) in [6.45, 7) is 5.23. The van der Waals surface area contributed by atoms with E-state index in [4.69, 9.17) is 5.11 Å². The molecule has 0 radical (unpaired) electrons. The quantitative estimate of drug-likeness (QED) is 0.411. The fourth-order valence-corrected chi connectivity index (χ4v) is 0.720. The topological polar surface area (TPSA) is 54.4 Å². The summed E-state index contributed by atoms with van der Waals surface area (Å²) < 4.78 is 0. The van der Waals surface area contributed by atoms with Crippen LogP contribution in [0, 0.1) is 0 Å². The maximum absolute atomic E-state index is 10.4. The van der Waals surface area contributed by atoms with Crippen LogP contribution in [0.3, 0.4) is 0 Å². The van der Waals surface area contributed by atoms with Crippen LogP contribution in [-0.4, -0.2) is 17.4 Å². The highest BCUT2D eigenvalue weighted by Crippen LogP contribution is 2.03. The molecule has 0 rings (SSSR count). The van der Waals surface area contributed by atoms with E-state index < -0.39 is 5.97 Å². The Hall–Kier alpha value is -1.90. The van der Waals surface area contributed by atoms with Gasteiger partial charge in [-0.2, -0.15) is 0 Å². The predicted molar refractivity (Wildman–Crippen MR) is 54.9 cm³/mol. The third-order valence-electron chi connectivity index (χ3n) is 1.46. The number of aliphatic carboxylic acids is 1. The van der Waals surface area contributed by atoms with Crippen LogP contribution in [0.1, 0.15) is 6.92 Å². The minimum absolute atomic E-state index is 0.481. The summed E-state index contributed by atoms with van der Waals surface area (Å²) in [5, 5.41) is 8.37. The molecule has 0 aliphatic rings. The van der Waals surface area contributed by atoms with Crippen LogP contribution in [0.15, 0.2) is 48.1 Å². The number of carboxylic acid groups (broad SMARTS) is 1. The van der Waals surface area contributed by atoms with Crippen molar-refractivity contribution in [1.29, 1.82) is 0 Å². The Morgan fingerprint density at radius 1 is 1.29 bits per heavy atom. The lowest BCUT2D eigenvalue weighted by Gasteiger charge is -1.92. The van der Waals surface area contributed by atoms with Crippen molar-refractivity contribution in [3.8, 4) is 0 Å². The molecule has 0 unspecified atom stereocenters. The normalized spacial score (nSPS) is 12.9. The van der Waals surface area contributed by atoms with Gasteiger partial charge in [0.1, 0.15) is 6.29 Å². The molecule has 0 saturated carbocycles. The van der Waals surface area contributed by atoms with E-state index >= 15 is 0 Å². The Morgan fingerprint density at radius 3 is 2.29 bits per heavy atom. The fourth-order valence-electron chi connectivity index (χ4n) is 0.720. The van der Waals surface area contributed by atoms with Crippen LogP contribution in [0.4, 0.5) is 0 Å². The highest BCUT2D eigenvalue weighted by atomic mass is 16.4. The Kier molecular flexibility index (Phi) is 5.70. The van der Waals surface area contributed by atoms with Gasteiger partial charge in [0, 0.05) is 11.6 Å². The van der Waals surface area contributed by atoms with Crippen LogP contribution in [0.25, 0.3) is 0 Å². The molecule has 74 valence electrons. The summed E-state index contributed by atoms with van der Waals surface area (Å²) in [5.41, 5.74) is 1.06. The Morgan fingerprint density at radius 2 is 1.93 bits per heavy atom. The Balaban J connectivity index is 4.80. The lowest BCUT2D eigenvalue weighted by atomic mass is 10.1. The summed E-state index contributed by atoms with van der Waals surface area (Å²) >= 11 is 0. The first-order chi connectivity index (χ1) is 6.63. The molecule has 3 heteroatoms. The summed E-state index contributed by atoms with van der Waals surface area (Å²) in [6, 6.07) is 0. The van der Waals surface area contributed by atoms with Crippen LogP contribution in [0.2, 0.25) is 0 Å². The molecule has 0 bridgehead atoms. The standard InChI is InChI=1S/C11H12O3/c1-3-9(5-6-11(13)14)7-10(4-2)8-12/h3-8H,1H2,2H3,(H,13,14)/b6-5+,9-7+,10-4+. The van der Waals surface area contributed by atoms with Crippen LogP contribution in [-0.2, 0) is 9.59 Å². The number of allylic oxidation sites excluding steroid dienone is 6. The van der Waals surface area contributed by atoms with Gasteiger partial charge in [-0.15, -0.1) is 0 Å². The minimum atomic E-state index is -1.04.